The van der Waals surface area contributed by atoms with Crippen LogP contribution in [0.3, 0.4) is 0 Å². The van der Waals surface area contributed by atoms with Crippen LogP contribution in [0.25, 0.3) is 0 Å². The van der Waals surface area contributed by atoms with Crippen LogP contribution in [-0.4, -0.2) is 18.6 Å². The van der Waals surface area contributed by atoms with Gasteiger partial charge in [0, 0.05) is 11.3 Å². The van der Waals surface area contributed by atoms with Crippen LogP contribution in [0.15, 0.2) is 42.0 Å². The van der Waals surface area contributed by atoms with Crippen molar-refractivity contribution in [3.8, 4) is 0 Å². The van der Waals surface area contributed by atoms with Crippen LogP contribution in [0, 0.1) is 0 Å². The minimum atomic E-state index is -0.0641. The molecule has 0 spiro atoms. The Labute approximate surface area is 101 Å². The predicted molar refractivity (Wildman–Crippen MR) is 67.8 cm³/mol. The fraction of sp³-hybridized carbons (Fsp3) is 0.357. The van der Waals surface area contributed by atoms with E-state index in [1.807, 2.05) is 36.4 Å². The first-order chi connectivity index (χ1) is 8.29. The zero-order valence-corrected chi connectivity index (χ0v) is 9.98. The summed E-state index contributed by atoms with van der Waals surface area (Å²) in [4.78, 5) is 11.9. The maximum absolute atomic E-state index is 11.9. The number of nitrogens with one attached hydrogen (secondary N) is 1. The largest absolute Gasteiger partial charge is 0.373 e. The average molecular weight is 231 g/mol. The highest BCUT2D eigenvalue weighted by atomic mass is 16.5. The summed E-state index contributed by atoms with van der Waals surface area (Å²) in [6.07, 6.45) is 4.07. The van der Waals surface area contributed by atoms with Crippen LogP contribution < -0.4 is 5.32 Å². The summed E-state index contributed by atoms with van der Waals surface area (Å²) in [5.41, 5.74) is 1.54. The van der Waals surface area contributed by atoms with E-state index in [9.17, 15) is 4.79 Å². The van der Waals surface area contributed by atoms with Crippen molar-refractivity contribution in [2.75, 3.05) is 11.9 Å². The summed E-state index contributed by atoms with van der Waals surface area (Å²) in [6, 6.07) is 9.46. The third kappa shape index (κ3) is 3.17. The molecular weight excluding hydrogens is 214 g/mol. The van der Waals surface area contributed by atoms with E-state index < -0.39 is 0 Å². The quantitative estimate of drug-likeness (QED) is 0.868. The van der Waals surface area contributed by atoms with Gasteiger partial charge in [0.15, 0.2) is 0 Å². The van der Waals surface area contributed by atoms with Gasteiger partial charge in [-0.15, -0.1) is 0 Å². The molecule has 3 heteroatoms. The third-order valence-electron chi connectivity index (χ3n) is 2.88. The van der Waals surface area contributed by atoms with Gasteiger partial charge in [-0.05, 0) is 25.0 Å². The van der Waals surface area contributed by atoms with Crippen molar-refractivity contribution in [1.82, 2.24) is 0 Å². The molecule has 0 fully saturated rings. The molecule has 1 aliphatic rings. The molecule has 1 unspecified atom stereocenters. The second-order valence-electron chi connectivity index (χ2n) is 4.13. The normalized spacial score (nSPS) is 19.6. The van der Waals surface area contributed by atoms with Gasteiger partial charge in [0.25, 0.3) is 5.91 Å². The maximum atomic E-state index is 11.9. The zero-order chi connectivity index (χ0) is 12.1. The lowest BCUT2D eigenvalue weighted by molar-refractivity contribution is -0.114. The summed E-state index contributed by atoms with van der Waals surface area (Å²) >= 11 is 0. The monoisotopic (exact) mass is 231 g/mol. The molecular formula is C14H17NO2. The lowest BCUT2D eigenvalue weighted by Crippen LogP contribution is -2.25. The molecule has 1 amide bonds. The van der Waals surface area contributed by atoms with Crippen LogP contribution in [0.1, 0.15) is 19.8 Å². The van der Waals surface area contributed by atoms with Crippen molar-refractivity contribution in [3.63, 3.8) is 0 Å². The minimum absolute atomic E-state index is 0.0641. The molecule has 1 aliphatic heterocycles. The summed E-state index contributed by atoms with van der Waals surface area (Å²) in [5.74, 6) is -0.0641. The van der Waals surface area contributed by atoms with E-state index in [0.717, 1.165) is 24.1 Å². The Hall–Kier alpha value is -1.61. The number of hydrogen-bond donors (Lipinski definition) is 1. The van der Waals surface area contributed by atoms with Gasteiger partial charge >= 0.3 is 0 Å². The predicted octanol–water partition coefficient (Wildman–Crippen LogP) is 2.75. The number of carbonyl (C=O) groups excluding carboxylic acids is 1. The molecule has 1 heterocycles. The topological polar surface area (TPSA) is 38.3 Å². The SMILES string of the molecule is CCC1CC=C(C(=O)Nc2ccccc2)CO1. The third-order valence-corrected chi connectivity index (χ3v) is 2.88. The first kappa shape index (κ1) is 11.9. The van der Waals surface area contributed by atoms with E-state index in [-0.39, 0.29) is 12.0 Å². The van der Waals surface area contributed by atoms with Crippen molar-refractivity contribution >= 4 is 11.6 Å². The van der Waals surface area contributed by atoms with Gasteiger partial charge in [0.1, 0.15) is 0 Å². The highest BCUT2D eigenvalue weighted by Crippen LogP contribution is 2.16. The molecule has 0 aliphatic carbocycles. The van der Waals surface area contributed by atoms with Gasteiger partial charge in [-0.1, -0.05) is 31.2 Å². The molecule has 0 saturated heterocycles. The summed E-state index contributed by atoms with van der Waals surface area (Å²) in [7, 11) is 0. The molecule has 1 N–H and O–H groups in total. The van der Waals surface area contributed by atoms with E-state index in [1.165, 1.54) is 0 Å². The van der Waals surface area contributed by atoms with E-state index >= 15 is 0 Å². The van der Waals surface area contributed by atoms with E-state index in [1.54, 1.807) is 0 Å². The van der Waals surface area contributed by atoms with E-state index in [2.05, 4.69) is 12.2 Å². The molecule has 0 aromatic heterocycles. The number of benzene rings is 1. The van der Waals surface area contributed by atoms with E-state index in [4.69, 9.17) is 4.74 Å². The van der Waals surface area contributed by atoms with Gasteiger partial charge in [0.2, 0.25) is 0 Å². The summed E-state index contributed by atoms with van der Waals surface area (Å²) < 4.78 is 5.57. The molecule has 2 rings (SSSR count). The fourth-order valence-electron chi connectivity index (χ4n) is 1.78. The zero-order valence-electron chi connectivity index (χ0n) is 9.98. The fourth-order valence-corrected chi connectivity index (χ4v) is 1.78. The highest BCUT2D eigenvalue weighted by Gasteiger charge is 2.17. The average Bonchev–Trinajstić information content (AvgIpc) is 2.40. The molecule has 0 bridgehead atoms. The smallest absolute Gasteiger partial charge is 0.253 e. The van der Waals surface area contributed by atoms with Crippen LogP contribution in [-0.2, 0) is 9.53 Å². The second kappa shape index (κ2) is 5.64. The van der Waals surface area contributed by atoms with Crippen LogP contribution in [0.2, 0.25) is 0 Å². The van der Waals surface area contributed by atoms with Gasteiger partial charge in [-0.3, -0.25) is 4.79 Å². The molecule has 90 valence electrons. The Morgan fingerprint density at radius 3 is 2.76 bits per heavy atom. The Morgan fingerprint density at radius 1 is 1.41 bits per heavy atom. The Morgan fingerprint density at radius 2 is 2.18 bits per heavy atom. The summed E-state index contributed by atoms with van der Waals surface area (Å²) in [6.45, 7) is 2.50. The lowest BCUT2D eigenvalue weighted by atomic mass is 10.1. The molecule has 0 saturated carbocycles. The van der Waals surface area contributed by atoms with Gasteiger partial charge in [-0.2, -0.15) is 0 Å². The molecule has 1 aromatic rings. The van der Waals surface area contributed by atoms with Gasteiger partial charge < -0.3 is 10.1 Å². The van der Waals surface area contributed by atoms with Crippen molar-refractivity contribution < 1.29 is 9.53 Å². The number of anilines is 1. The van der Waals surface area contributed by atoms with Crippen molar-refractivity contribution in [3.05, 3.63) is 42.0 Å². The highest BCUT2D eigenvalue weighted by molar-refractivity contribution is 6.03. The second-order valence-corrected chi connectivity index (χ2v) is 4.13. The Bertz CT molecular complexity index is 411. The number of ether oxygens (including phenoxy) is 1. The number of amides is 1. The van der Waals surface area contributed by atoms with Crippen molar-refractivity contribution in [2.24, 2.45) is 0 Å². The minimum Gasteiger partial charge on any atom is -0.373 e. The molecule has 3 nitrogen and oxygen atoms in total. The van der Waals surface area contributed by atoms with Crippen LogP contribution in [0.4, 0.5) is 5.69 Å². The van der Waals surface area contributed by atoms with Crippen molar-refractivity contribution in [1.29, 1.82) is 0 Å². The van der Waals surface area contributed by atoms with Gasteiger partial charge in [0.05, 0.1) is 12.7 Å². The molecule has 0 radical (unpaired) electrons. The maximum Gasteiger partial charge on any atom is 0.253 e. The molecule has 1 atom stereocenters. The molecule has 1 aromatic carbocycles. The number of rotatable bonds is 3. The van der Waals surface area contributed by atoms with Gasteiger partial charge in [-0.25, -0.2) is 0 Å². The standard InChI is InChI=1S/C14H17NO2/c1-2-13-9-8-11(10-17-13)14(16)15-12-6-4-3-5-7-12/h3-8,13H,2,9-10H2,1H3,(H,15,16). The number of para-hydroxylation sites is 1. The first-order valence-corrected chi connectivity index (χ1v) is 5.96. The van der Waals surface area contributed by atoms with Crippen molar-refractivity contribution in [2.45, 2.75) is 25.9 Å². The Kier molecular flexibility index (Phi) is 3.94. The van der Waals surface area contributed by atoms with Crippen LogP contribution in [0.5, 0.6) is 0 Å². The lowest BCUT2D eigenvalue weighted by Gasteiger charge is -2.21. The summed E-state index contributed by atoms with van der Waals surface area (Å²) in [5, 5.41) is 2.86. The number of carbonyl (C=O) groups is 1. The van der Waals surface area contributed by atoms with Crippen LogP contribution >= 0.6 is 0 Å². The first-order valence-electron chi connectivity index (χ1n) is 5.96. The molecule has 17 heavy (non-hydrogen) atoms. The number of hydrogen-bond acceptors (Lipinski definition) is 2. The van der Waals surface area contributed by atoms with E-state index in [0.29, 0.717) is 6.61 Å². The Balaban J connectivity index is 1.95.